The van der Waals surface area contributed by atoms with Crippen LogP contribution in [-0.2, 0) is 11.3 Å². The first-order chi connectivity index (χ1) is 13.0. The SMILES string of the molecule is CC(C)c1c(-c2cnn(CCNC(=O)CCl)c2)nc2c(C#N)c[nH]n2c1=O. The highest BCUT2D eigenvalue weighted by Gasteiger charge is 2.20. The van der Waals surface area contributed by atoms with Gasteiger partial charge >= 0.3 is 0 Å². The summed E-state index contributed by atoms with van der Waals surface area (Å²) in [5.41, 5.74) is 2.04. The number of nitrogens with one attached hydrogen (secondary N) is 2. The number of nitrogens with zero attached hydrogens (tertiary/aromatic N) is 5. The first-order valence-corrected chi connectivity index (χ1v) is 8.89. The van der Waals surface area contributed by atoms with E-state index in [4.69, 9.17) is 11.6 Å². The first kappa shape index (κ1) is 18.7. The van der Waals surface area contributed by atoms with Gasteiger partial charge in [0.2, 0.25) is 5.91 Å². The molecule has 27 heavy (non-hydrogen) atoms. The minimum atomic E-state index is -0.247. The van der Waals surface area contributed by atoms with Crippen molar-refractivity contribution >= 4 is 23.2 Å². The second kappa shape index (κ2) is 7.63. The van der Waals surface area contributed by atoms with Gasteiger partial charge in [-0.25, -0.2) is 9.50 Å². The van der Waals surface area contributed by atoms with Gasteiger partial charge in [0.25, 0.3) is 5.56 Å². The van der Waals surface area contributed by atoms with Gasteiger partial charge < -0.3 is 5.32 Å². The molecule has 0 fully saturated rings. The summed E-state index contributed by atoms with van der Waals surface area (Å²) in [4.78, 5) is 28.6. The fourth-order valence-corrected chi connectivity index (χ4v) is 2.91. The molecular formula is C17H18ClN7O2. The van der Waals surface area contributed by atoms with E-state index in [-0.39, 0.29) is 28.9 Å². The Morgan fingerprint density at radius 3 is 2.93 bits per heavy atom. The van der Waals surface area contributed by atoms with Gasteiger partial charge in [0, 0.05) is 30.1 Å². The zero-order valence-corrected chi connectivity index (χ0v) is 15.6. The van der Waals surface area contributed by atoms with Crippen molar-refractivity contribution in [2.45, 2.75) is 26.3 Å². The minimum Gasteiger partial charge on any atom is -0.353 e. The number of carbonyl (C=O) groups excluding carboxylic acids is 1. The topological polar surface area (TPSA) is 121 Å². The summed E-state index contributed by atoms with van der Waals surface area (Å²) in [7, 11) is 0. The summed E-state index contributed by atoms with van der Waals surface area (Å²) < 4.78 is 2.93. The van der Waals surface area contributed by atoms with Crippen LogP contribution in [0.1, 0.15) is 30.9 Å². The average Bonchev–Trinajstić information content (AvgIpc) is 3.27. The normalized spacial score (nSPS) is 11.1. The molecule has 0 saturated carbocycles. The van der Waals surface area contributed by atoms with Crippen LogP contribution in [0, 0.1) is 11.3 Å². The smallest absolute Gasteiger partial charge is 0.276 e. The van der Waals surface area contributed by atoms with Gasteiger partial charge in [0.05, 0.1) is 18.4 Å². The van der Waals surface area contributed by atoms with E-state index in [0.29, 0.717) is 35.5 Å². The molecule has 0 saturated heterocycles. The van der Waals surface area contributed by atoms with Crippen molar-refractivity contribution in [3.63, 3.8) is 0 Å². The molecule has 9 nitrogen and oxygen atoms in total. The molecule has 0 unspecified atom stereocenters. The third-order valence-electron chi connectivity index (χ3n) is 4.09. The Bertz CT molecular complexity index is 1090. The van der Waals surface area contributed by atoms with Crippen LogP contribution >= 0.6 is 11.6 Å². The number of H-pyrrole nitrogens is 1. The summed E-state index contributed by atoms with van der Waals surface area (Å²) in [5.74, 6) is -0.409. The molecule has 0 aliphatic heterocycles. The molecular weight excluding hydrogens is 370 g/mol. The molecule has 0 radical (unpaired) electrons. The molecule has 3 rings (SSSR count). The lowest BCUT2D eigenvalue weighted by Gasteiger charge is -2.10. The zero-order chi connectivity index (χ0) is 19.6. The number of hydrogen-bond donors (Lipinski definition) is 2. The fourth-order valence-electron chi connectivity index (χ4n) is 2.82. The minimum absolute atomic E-state index is 0.0721. The van der Waals surface area contributed by atoms with Crippen LogP contribution < -0.4 is 10.9 Å². The molecule has 1 amide bonds. The summed E-state index contributed by atoms with van der Waals surface area (Å²) in [6.45, 7) is 4.66. The molecule has 2 N–H and O–H groups in total. The molecule has 0 atom stereocenters. The maximum absolute atomic E-state index is 12.9. The van der Waals surface area contributed by atoms with Gasteiger partial charge in [0.1, 0.15) is 17.5 Å². The number of alkyl halides is 1. The number of amides is 1. The lowest BCUT2D eigenvalue weighted by molar-refractivity contribution is -0.118. The Morgan fingerprint density at radius 2 is 2.26 bits per heavy atom. The number of fused-ring (bicyclic) bond motifs is 1. The van der Waals surface area contributed by atoms with Gasteiger partial charge in [-0.1, -0.05) is 13.8 Å². The van der Waals surface area contributed by atoms with Gasteiger partial charge in [-0.05, 0) is 5.92 Å². The highest BCUT2D eigenvalue weighted by Crippen LogP contribution is 2.25. The monoisotopic (exact) mass is 387 g/mol. The molecule has 3 aromatic rings. The molecule has 0 aromatic carbocycles. The van der Waals surface area contributed by atoms with E-state index in [0.717, 1.165) is 0 Å². The highest BCUT2D eigenvalue weighted by molar-refractivity contribution is 6.27. The zero-order valence-electron chi connectivity index (χ0n) is 14.9. The molecule has 0 bridgehead atoms. The molecule has 140 valence electrons. The van der Waals surface area contributed by atoms with Crippen LogP contribution in [0.15, 0.2) is 23.4 Å². The van der Waals surface area contributed by atoms with Crippen molar-refractivity contribution in [2.75, 3.05) is 12.4 Å². The van der Waals surface area contributed by atoms with Gasteiger partial charge in [-0.3, -0.25) is 19.4 Å². The van der Waals surface area contributed by atoms with E-state index < -0.39 is 0 Å². The van der Waals surface area contributed by atoms with Crippen molar-refractivity contribution in [1.29, 1.82) is 5.26 Å². The standard InChI is InChI=1S/C17H18ClN7O2/c1-10(2)14-15(23-16-11(6-19)7-22-25(16)17(14)27)12-8-21-24(9-12)4-3-20-13(26)5-18/h7-10,22H,3-5H2,1-2H3,(H,20,26). The van der Waals surface area contributed by atoms with Crippen molar-refractivity contribution in [3.05, 3.63) is 40.1 Å². The van der Waals surface area contributed by atoms with Crippen LogP contribution in [0.4, 0.5) is 0 Å². The maximum atomic E-state index is 12.9. The van der Waals surface area contributed by atoms with Gasteiger partial charge in [0.15, 0.2) is 5.65 Å². The second-order valence-electron chi connectivity index (χ2n) is 6.27. The number of halogens is 1. The third kappa shape index (κ3) is 3.57. The van der Waals surface area contributed by atoms with Crippen LogP contribution in [0.5, 0.6) is 0 Å². The van der Waals surface area contributed by atoms with E-state index in [1.54, 1.807) is 17.1 Å². The van der Waals surface area contributed by atoms with Gasteiger partial charge in [-0.2, -0.15) is 10.4 Å². The number of carbonyl (C=O) groups is 1. The Hall–Kier alpha value is -3.12. The van der Waals surface area contributed by atoms with E-state index >= 15 is 0 Å². The quantitative estimate of drug-likeness (QED) is 0.616. The van der Waals surface area contributed by atoms with Crippen molar-refractivity contribution in [2.24, 2.45) is 0 Å². The van der Waals surface area contributed by atoms with Crippen LogP contribution in [-0.4, -0.2) is 42.7 Å². The summed E-state index contributed by atoms with van der Waals surface area (Å²) in [6.07, 6.45) is 4.84. The predicted molar refractivity (Wildman–Crippen MR) is 99.6 cm³/mol. The van der Waals surface area contributed by atoms with Crippen molar-refractivity contribution in [1.82, 2.24) is 29.7 Å². The Morgan fingerprint density at radius 1 is 1.48 bits per heavy atom. The van der Waals surface area contributed by atoms with Crippen LogP contribution in [0.25, 0.3) is 16.9 Å². The van der Waals surface area contributed by atoms with Crippen LogP contribution in [0.3, 0.4) is 0 Å². The summed E-state index contributed by atoms with van der Waals surface area (Å²) in [5, 5.41) is 18.9. The lowest BCUT2D eigenvalue weighted by atomic mass is 10.00. The summed E-state index contributed by atoms with van der Waals surface area (Å²) in [6, 6.07) is 2.03. The third-order valence-corrected chi connectivity index (χ3v) is 4.33. The Kier molecular flexibility index (Phi) is 5.28. The average molecular weight is 388 g/mol. The van der Waals surface area contributed by atoms with E-state index in [2.05, 4.69) is 20.5 Å². The fraction of sp³-hybridized carbons (Fsp3) is 0.353. The first-order valence-electron chi connectivity index (χ1n) is 8.35. The van der Waals surface area contributed by atoms with E-state index in [1.165, 1.54) is 10.7 Å². The number of hydrogen-bond acceptors (Lipinski definition) is 5. The second-order valence-corrected chi connectivity index (χ2v) is 6.53. The number of aromatic amines is 1. The van der Waals surface area contributed by atoms with Crippen LogP contribution in [0.2, 0.25) is 0 Å². The molecule has 0 aliphatic rings. The van der Waals surface area contributed by atoms with Gasteiger partial charge in [-0.15, -0.1) is 11.6 Å². The molecule has 0 aliphatic carbocycles. The number of aromatic nitrogens is 5. The number of rotatable bonds is 6. The molecule has 3 heterocycles. The van der Waals surface area contributed by atoms with Crippen molar-refractivity contribution < 1.29 is 4.79 Å². The van der Waals surface area contributed by atoms with E-state index in [9.17, 15) is 14.9 Å². The molecule has 3 aromatic heterocycles. The Balaban J connectivity index is 2.01. The lowest BCUT2D eigenvalue weighted by Crippen LogP contribution is -2.28. The Labute approximate surface area is 159 Å². The highest BCUT2D eigenvalue weighted by atomic mass is 35.5. The molecule has 0 spiro atoms. The maximum Gasteiger partial charge on any atom is 0.276 e. The molecule has 10 heteroatoms. The predicted octanol–water partition coefficient (Wildman–Crippen LogP) is 1.24. The van der Waals surface area contributed by atoms with E-state index in [1.807, 2.05) is 19.9 Å². The largest absolute Gasteiger partial charge is 0.353 e. The number of nitriles is 1. The summed E-state index contributed by atoms with van der Waals surface area (Å²) >= 11 is 5.44. The van der Waals surface area contributed by atoms with Crippen molar-refractivity contribution in [3.8, 4) is 17.3 Å².